The summed E-state index contributed by atoms with van der Waals surface area (Å²) in [5.74, 6) is 1.32. The molecule has 1 aromatic carbocycles. The number of imidazole rings is 1. The molecular formula is C22H30N4O. The maximum atomic E-state index is 11.7. The van der Waals surface area contributed by atoms with Crippen LogP contribution in [0.15, 0.2) is 30.5 Å². The van der Waals surface area contributed by atoms with Crippen LogP contribution in [0, 0.1) is 0 Å². The van der Waals surface area contributed by atoms with E-state index in [0.29, 0.717) is 6.42 Å². The van der Waals surface area contributed by atoms with E-state index in [2.05, 4.69) is 46.9 Å². The number of unbranched alkanes of at least 4 members (excludes halogenated alkanes) is 2. The molecule has 0 spiro atoms. The lowest BCUT2D eigenvalue weighted by Crippen LogP contribution is -2.23. The van der Waals surface area contributed by atoms with Gasteiger partial charge in [0.2, 0.25) is 5.91 Å². The average Bonchev–Trinajstić information content (AvgIpc) is 3.04. The van der Waals surface area contributed by atoms with Crippen molar-refractivity contribution in [3.05, 3.63) is 36.3 Å². The summed E-state index contributed by atoms with van der Waals surface area (Å²) < 4.78 is 2.38. The molecule has 0 aliphatic rings. The van der Waals surface area contributed by atoms with Crippen molar-refractivity contribution in [2.75, 3.05) is 6.54 Å². The molecule has 1 amide bonds. The molecule has 0 aliphatic carbocycles. The number of nitrogens with zero attached hydrogens (tertiary/aromatic N) is 3. The number of hydrogen-bond donors (Lipinski definition) is 1. The van der Waals surface area contributed by atoms with Crippen molar-refractivity contribution in [1.82, 2.24) is 19.9 Å². The number of hydrogen-bond acceptors (Lipinski definition) is 3. The minimum Gasteiger partial charge on any atom is -0.356 e. The first kappa shape index (κ1) is 19.3. The van der Waals surface area contributed by atoms with E-state index in [1.54, 1.807) is 0 Å². The predicted molar refractivity (Wildman–Crippen MR) is 111 cm³/mol. The summed E-state index contributed by atoms with van der Waals surface area (Å²) in [5, 5.41) is 4.12. The molecule has 3 rings (SSSR count). The van der Waals surface area contributed by atoms with Crippen LogP contribution in [0.4, 0.5) is 0 Å². The molecule has 0 bridgehead atoms. The van der Waals surface area contributed by atoms with Gasteiger partial charge in [-0.05, 0) is 31.7 Å². The van der Waals surface area contributed by atoms with Crippen molar-refractivity contribution >= 4 is 27.8 Å². The van der Waals surface area contributed by atoms with Crippen LogP contribution >= 0.6 is 0 Å². The molecule has 0 unspecified atom stereocenters. The predicted octanol–water partition coefficient (Wildman–Crippen LogP) is 4.62. The lowest BCUT2D eigenvalue weighted by atomic mass is 10.1. The Hall–Kier alpha value is -2.43. The summed E-state index contributed by atoms with van der Waals surface area (Å²) >= 11 is 0. The van der Waals surface area contributed by atoms with Crippen LogP contribution in [-0.2, 0) is 17.8 Å². The molecule has 0 aliphatic heterocycles. The van der Waals surface area contributed by atoms with Crippen molar-refractivity contribution in [3.63, 3.8) is 0 Å². The fourth-order valence-corrected chi connectivity index (χ4v) is 3.55. The van der Waals surface area contributed by atoms with E-state index in [-0.39, 0.29) is 5.91 Å². The normalized spacial score (nSPS) is 11.3. The smallest absolute Gasteiger partial charge is 0.219 e. The van der Waals surface area contributed by atoms with Gasteiger partial charge in [-0.25, -0.2) is 4.98 Å². The highest BCUT2D eigenvalue weighted by Crippen LogP contribution is 2.25. The minimum atomic E-state index is 0.175. The van der Waals surface area contributed by atoms with E-state index in [0.717, 1.165) is 68.5 Å². The lowest BCUT2D eigenvalue weighted by Gasteiger charge is -2.10. The standard InChI is InChI=1S/C22H30N4O/c1-3-10-20-25-19-16-24-18-12-8-7-11-17(18)22(19)26(20)15-9-5-6-13-21(27)23-14-4-2/h7-8,11-12,16H,3-6,9-10,13-15H2,1-2H3,(H,23,27). The van der Waals surface area contributed by atoms with Crippen LogP contribution < -0.4 is 5.32 Å². The first-order valence-corrected chi connectivity index (χ1v) is 10.2. The molecule has 5 nitrogen and oxygen atoms in total. The molecule has 0 atom stereocenters. The number of amides is 1. The third-order valence-electron chi connectivity index (χ3n) is 4.89. The van der Waals surface area contributed by atoms with E-state index in [1.165, 1.54) is 10.9 Å². The van der Waals surface area contributed by atoms with Crippen LogP contribution in [-0.4, -0.2) is 27.0 Å². The molecule has 2 aromatic heterocycles. The molecule has 0 saturated heterocycles. The maximum Gasteiger partial charge on any atom is 0.219 e. The van der Waals surface area contributed by atoms with Crippen LogP contribution in [0.5, 0.6) is 0 Å². The minimum absolute atomic E-state index is 0.175. The molecule has 5 heteroatoms. The number of benzene rings is 1. The highest BCUT2D eigenvalue weighted by molar-refractivity contribution is 6.02. The summed E-state index contributed by atoms with van der Waals surface area (Å²) in [6.45, 7) is 5.98. The van der Waals surface area contributed by atoms with Gasteiger partial charge in [-0.3, -0.25) is 9.78 Å². The highest BCUT2D eigenvalue weighted by atomic mass is 16.1. The second kappa shape index (κ2) is 9.49. The fourth-order valence-electron chi connectivity index (χ4n) is 3.55. The summed E-state index contributed by atoms with van der Waals surface area (Å²) in [7, 11) is 0. The van der Waals surface area contributed by atoms with Gasteiger partial charge in [-0.2, -0.15) is 0 Å². The number of para-hydroxylation sites is 1. The Morgan fingerprint density at radius 3 is 2.74 bits per heavy atom. The molecule has 3 aromatic rings. The number of carbonyl (C=O) groups excluding carboxylic acids is 1. The first-order chi connectivity index (χ1) is 13.2. The quantitative estimate of drug-likeness (QED) is 0.533. The zero-order valence-corrected chi connectivity index (χ0v) is 16.5. The van der Waals surface area contributed by atoms with Crippen molar-refractivity contribution in [3.8, 4) is 0 Å². The number of pyridine rings is 1. The van der Waals surface area contributed by atoms with Gasteiger partial charge < -0.3 is 9.88 Å². The summed E-state index contributed by atoms with van der Waals surface area (Å²) in [6.07, 6.45) is 8.60. The second-order valence-electron chi connectivity index (χ2n) is 7.10. The Balaban J connectivity index is 1.71. The van der Waals surface area contributed by atoms with E-state index >= 15 is 0 Å². The van der Waals surface area contributed by atoms with Gasteiger partial charge in [0.05, 0.1) is 17.2 Å². The van der Waals surface area contributed by atoms with Crippen molar-refractivity contribution in [2.24, 2.45) is 0 Å². The van der Waals surface area contributed by atoms with E-state index < -0.39 is 0 Å². The van der Waals surface area contributed by atoms with Crippen molar-refractivity contribution in [2.45, 2.75) is 65.3 Å². The Kier molecular flexibility index (Phi) is 6.80. The lowest BCUT2D eigenvalue weighted by molar-refractivity contribution is -0.121. The topological polar surface area (TPSA) is 59.8 Å². The average molecular weight is 367 g/mol. The van der Waals surface area contributed by atoms with Gasteiger partial charge in [0.25, 0.3) is 0 Å². The number of aryl methyl sites for hydroxylation is 2. The summed E-state index contributed by atoms with van der Waals surface area (Å²) in [6, 6.07) is 8.28. The van der Waals surface area contributed by atoms with E-state index in [1.807, 2.05) is 12.3 Å². The van der Waals surface area contributed by atoms with Gasteiger partial charge in [0.15, 0.2) is 0 Å². The monoisotopic (exact) mass is 366 g/mol. The van der Waals surface area contributed by atoms with Gasteiger partial charge in [-0.1, -0.05) is 38.5 Å². The molecule has 27 heavy (non-hydrogen) atoms. The zero-order chi connectivity index (χ0) is 19.1. The van der Waals surface area contributed by atoms with Gasteiger partial charge >= 0.3 is 0 Å². The Bertz CT molecular complexity index is 900. The fraction of sp³-hybridized carbons (Fsp3) is 0.500. The SMILES string of the molecule is CCCNC(=O)CCCCCn1c(CCC)nc2cnc3ccccc3c21. The van der Waals surface area contributed by atoms with Crippen LogP contribution in [0.1, 0.15) is 58.2 Å². The van der Waals surface area contributed by atoms with E-state index in [9.17, 15) is 4.79 Å². The molecule has 1 N–H and O–H groups in total. The highest BCUT2D eigenvalue weighted by Gasteiger charge is 2.13. The number of rotatable bonds is 10. The van der Waals surface area contributed by atoms with Crippen LogP contribution in [0.25, 0.3) is 21.9 Å². The molecule has 0 saturated carbocycles. The molecule has 144 valence electrons. The number of nitrogens with one attached hydrogen (secondary N) is 1. The van der Waals surface area contributed by atoms with Crippen molar-refractivity contribution in [1.29, 1.82) is 0 Å². The Morgan fingerprint density at radius 2 is 1.93 bits per heavy atom. The summed E-state index contributed by atoms with van der Waals surface area (Å²) in [4.78, 5) is 21.1. The number of fused-ring (bicyclic) bond motifs is 3. The first-order valence-electron chi connectivity index (χ1n) is 10.2. The third-order valence-corrected chi connectivity index (χ3v) is 4.89. The number of aromatic nitrogens is 3. The third kappa shape index (κ3) is 4.65. The van der Waals surface area contributed by atoms with Gasteiger partial charge in [-0.15, -0.1) is 0 Å². The summed E-state index contributed by atoms with van der Waals surface area (Å²) in [5.41, 5.74) is 3.20. The number of carbonyl (C=O) groups is 1. The largest absolute Gasteiger partial charge is 0.356 e. The molecular weight excluding hydrogens is 336 g/mol. The zero-order valence-electron chi connectivity index (χ0n) is 16.5. The van der Waals surface area contributed by atoms with Crippen LogP contribution in [0.2, 0.25) is 0 Å². The van der Waals surface area contributed by atoms with E-state index in [4.69, 9.17) is 4.98 Å². The van der Waals surface area contributed by atoms with Crippen molar-refractivity contribution < 1.29 is 4.79 Å². The Labute approximate surface area is 161 Å². The van der Waals surface area contributed by atoms with Gasteiger partial charge in [0.1, 0.15) is 11.3 Å². The molecule has 2 heterocycles. The second-order valence-corrected chi connectivity index (χ2v) is 7.10. The Morgan fingerprint density at radius 1 is 1.07 bits per heavy atom. The van der Waals surface area contributed by atoms with Crippen LogP contribution in [0.3, 0.4) is 0 Å². The molecule has 0 radical (unpaired) electrons. The molecule has 0 fully saturated rings. The van der Waals surface area contributed by atoms with Gasteiger partial charge in [0, 0.05) is 31.3 Å². The maximum absolute atomic E-state index is 11.7.